The monoisotopic (exact) mass is 369 g/mol. The Balaban J connectivity index is 1.79. The summed E-state index contributed by atoms with van der Waals surface area (Å²) >= 11 is 12.6. The number of aromatic nitrogens is 1. The normalized spacial score (nSPS) is 12.8. The zero-order chi connectivity index (χ0) is 17.6. The average molecular weight is 370 g/mol. The molecule has 0 radical (unpaired) electrons. The van der Waals surface area contributed by atoms with E-state index in [1.807, 2.05) is 30.3 Å². The summed E-state index contributed by atoms with van der Waals surface area (Å²) in [5.41, 5.74) is 4.13. The topological polar surface area (TPSA) is 12.9 Å². The van der Waals surface area contributed by atoms with Gasteiger partial charge in [-0.1, -0.05) is 73.8 Å². The molecule has 0 spiro atoms. The smallest absolute Gasteiger partial charge is 0.0724 e. The Morgan fingerprint density at radius 1 is 1.04 bits per heavy atom. The number of benzene rings is 2. The fourth-order valence-corrected chi connectivity index (χ4v) is 3.24. The molecule has 1 unspecified atom stereocenters. The molecule has 0 saturated heterocycles. The Hall–Kier alpha value is -1.83. The summed E-state index contributed by atoms with van der Waals surface area (Å²) < 4.78 is 0. The molecule has 25 heavy (non-hydrogen) atoms. The minimum Gasteiger partial charge on any atom is -0.248 e. The van der Waals surface area contributed by atoms with E-state index in [0.717, 1.165) is 35.0 Å². The highest BCUT2D eigenvalue weighted by molar-refractivity contribution is 6.31. The quantitative estimate of drug-likeness (QED) is 0.409. The standard InChI is InChI=1S/C22H21Cl2N/c1-2-3-7-21(24)18-6-4-5-16(14-18)8-12-20-13-10-17-9-11-19(23)15-22(17)25-20/h4-6,8-15,21H,2-3,7H2,1H3/b12-8+. The van der Waals surface area contributed by atoms with E-state index in [4.69, 9.17) is 23.2 Å². The molecule has 0 bridgehead atoms. The van der Waals surface area contributed by atoms with Crippen molar-refractivity contribution in [3.05, 3.63) is 76.4 Å². The molecule has 2 aromatic carbocycles. The van der Waals surface area contributed by atoms with Crippen LogP contribution < -0.4 is 0 Å². The first-order valence-electron chi connectivity index (χ1n) is 8.64. The lowest BCUT2D eigenvalue weighted by Gasteiger charge is -2.09. The van der Waals surface area contributed by atoms with Crippen molar-refractivity contribution in [2.24, 2.45) is 0 Å². The molecule has 3 rings (SSSR count). The van der Waals surface area contributed by atoms with Crippen molar-refractivity contribution in [3.63, 3.8) is 0 Å². The van der Waals surface area contributed by atoms with Crippen LogP contribution in [0.3, 0.4) is 0 Å². The Labute approximate surface area is 159 Å². The number of nitrogens with zero attached hydrogens (tertiary/aromatic N) is 1. The van der Waals surface area contributed by atoms with Crippen molar-refractivity contribution in [2.75, 3.05) is 0 Å². The maximum absolute atomic E-state index is 6.51. The second-order valence-corrected chi connectivity index (χ2v) is 7.15. The molecule has 3 aromatic rings. The van der Waals surface area contributed by atoms with E-state index < -0.39 is 0 Å². The second-order valence-electron chi connectivity index (χ2n) is 6.19. The highest BCUT2D eigenvalue weighted by Crippen LogP contribution is 2.27. The van der Waals surface area contributed by atoms with Gasteiger partial charge in [0.05, 0.1) is 16.6 Å². The van der Waals surface area contributed by atoms with Gasteiger partial charge in [-0.25, -0.2) is 4.98 Å². The number of alkyl halides is 1. The number of hydrogen-bond donors (Lipinski definition) is 0. The zero-order valence-electron chi connectivity index (χ0n) is 14.3. The van der Waals surface area contributed by atoms with E-state index in [-0.39, 0.29) is 5.38 Å². The van der Waals surface area contributed by atoms with Gasteiger partial charge in [-0.05, 0) is 41.8 Å². The lowest BCUT2D eigenvalue weighted by Crippen LogP contribution is -1.91. The van der Waals surface area contributed by atoms with E-state index in [2.05, 4.69) is 48.3 Å². The summed E-state index contributed by atoms with van der Waals surface area (Å²) in [4.78, 5) is 4.65. The van der Waals surface area contributed by atoms with Gasteiger partial charge in [0.1, 0.15) is 0 Å². The van der Waals surface area contributed by atoms with Gasteiger partial charge >= 0.3 is 0 Å². The van der Waals surface area contributed by atoms with Crippen LogP contribution in [0.2, 0.25) is 5.02 Å². The van der Waals surface area contributed by atoms with Gasteiger partial charge in [-0.2, -0.15) is 0 Å². The van der Waals surface area contributed by atoms with Crippen molar-refractivity contribution in [1.82, 2.24) is 4.98 Å². The van der Waals surface area contributed by atoms with Crippen LogP contribution in [0.4, 0.5) is 0 Å². The van der Waals surface area contributed by atoms with E-state index >= 15 is 0 Å². The molecule has 0 aliphatic heterocycles. The highest BCUT2D eigenvalue weighted by Gasteiger charge is 2.07. The van der Waals surface area contributed by atoms with Crippen LogP contribution >= 0.6 is 23.2 Å². The van der Waals surface area contributed by atoms with Gasteiger partial charge in [0.25, 0.3) is 0 Å². The van der Waals surface area contributed by atoms with Crippen molar-refractivity contribution >= 4 is 46.3 Å². The summed E-state index contributed by atoms with van der Waals surface area (Å²) in [6.07, 6.45) is 7.43. The van der Waals surface area contributed by atoms with E-state index in [9.17, 15) is 0 Å². The number of pyridine rings is 1. The fourth-order valence-electron chi connectivity index (χ4n) is 2.79. The third-order valence-corrected chi connectivity index (χ3v) is 4.91. The first-order chi connectivity index (χ1) is 12.2. The molecule has 0 N–H and O–H groups in total. The zero-order valence-corrected chi connectivity index (χ0v) is 15.8. The molecule has 0 aliphatic rings. The van der Waals surface area contributed by atoms with Gasteiger partial charge in [0.15, 0.2) is 0 Å². The molecule has 128 valence electrons. The number of halogens is 2. The average Bonchev–Trinajstić information content (AvgIpc) is 2.64. The lowest BCUT2D eigenvalue weighted by atomic mass is 10.0. The van der Waals surface area contributed by atoms with Crippen LogP contribution in [-0.4, -0.2) is 4.98 Å². The first-order valence-corrected chi connectivity index (χ1v) is 9.45. The summed E-state index contributed by atoms with van der Waals surface area (Å²) in [5, 5.41) is 1.87. The van der Waals surface area contributed by atoms with Crippen LogP contribution in [-0.2, 0) is 0 Å². The molecule has 1 nitrogen and oxygen atoms in total. The molecule has 0 saturated carbocycles. The van der Waals surface area contributed by atoms with Crippen LogP contribution in [0.15, 0.2) is 54.6 Å². The molecule has 1 heterocycles. The van der Waals surface area contributed by atoms with Crippen LogP contribution in [0, 0.1) is 0 Å². The van der Waals surface area contributed by atoms with Gasteiger partial charge in [-0.15, -0.1) is 11.6 Å². The van der Waals surface area contributed by atoms with Crippen molar-refractivity contribution in [2.45, 2.75) is 31.6 Å². The molecule has 1 atom stereocenters. The van der Waals surface area contributed by atoms with Gasteiger partial charge < -0.3 is 0 Å². The van der Waals surface area contributed by atoms with Gasteiger partial charge in [-0.3, -0.25) is 0 Å². The lowest BCUT2D eigenvalue weighted by molar-refractivity contribution is 0.701. The number of unbranched alkanes of at least 4 members (excludes halogenated alkanes) is 1. The maximum Gasteiger partial charge on any atom is 0.0724 e. The number of hydrogen-bond acceptors (Lipinski definition) is 1. The Kier molecular flexibility index (Phi) is 6.12. The molecule has 0 fully saturated rings. The van der Waals surface area contributed by atoms with Crippen LogP contribution in [0.1, 0.15) is 48.4 Å². The fraction of sp³-hybridized carbons (Fsp3) is 0.227. The van der Waals surface area contributed by atoms with Gasteiger partial charge in [0.2, 0.25) is 0 Å². The van der Waals surface area contributed by atoms with Crippen molar-refractivity contribution in [3.8, 4) is 0 Å². The summed E-state index contributed by atoms with van der Waals surface area (Å²) in [6, 6.07) is 18.2. The Morgan fingerprint density at radius 2 is 1.88 bits per heavy atom. The van der Waals surface area contributed by atoms with E-state index in [1.165, 1.54) is 12.0 Å². The second kappa shape index (κ2) is 8.51. The van der Waals surface area contributed by atoms with E-state index in [1.54, 1.807) is 0 Å². The number of rotatable bonds is 6. The molecule has 3 heteroatoms. The predicted molar refractivity (Wildman–Crippen MR) is 110 cm³/mol. The largest absolute Gasteiger partial charge is 0.248 e. The first kappa shape index (κ1) is 18.0. The highest BCUT2D eigenvalue weighted by atomic mass is 35.5. The Morgan fingerprint density at radius 3 is 2.72 bits per heavy atom. The summed E-state index contributed by atoms with van der Waals surface area (Å²) in [6.45, 7) is 2.19. The minimum atomic E-state index is 0.0780. The van der Waals surface area contributed by atoms with Crippen LogP contribution in [0.5, 0.6) is 0 Å². The summed E-state index contributed by atoms with van der Waals surface area (Å²) in [7, 11) is 0. The van der Waals surface area contributed by atoms with Crippen LogP contribution in [0.25, 0.3) is 23.1 Å². The molecular formula is C22H21Cl2N. The minimum absolute atomic E-state index is 0.0780. The number of fused-ring (bicyclic) bond motifs is 1. The molecule has 0 aliphatic carbocycles. The third-order valence-electron chi connectivity index (χ3n) is 4.21. The predicted octanol–water partition coefficient (Wildman–Crippen LogP) is 7.53. The summed E-state index contributed by atoms with van der Waals surface area (Å²) in [5.74, 6) is 0. The SMILES string of the molecule is CCCCC(Cl)c1cccc(/C=C/c2ccc3ccc(Cl)cc3n2)c1. The van der Waals surface area contributed by atoms with Gasteiger partial charge in [0, 0.05) is 10.4 Å². The molecule has 1 aromatic heterocycles. The van der Waals surface area contributed by atoms with E-state index in [0.29, 0.717) is 5.02 Å². The van der Waals surface area contributed by atoms with Crippen molar-refractivity contribution in [1.29, 1.82) is 0 Å². The Bertz CT molecular complexity index is 886. The van der Waals surface area contributed by atoms with Crippen molar-refractivity contribution < 1.29 is 0 Å². The maximum atomic E-state index is 6.51. The molecular weight excluding hydrogens is 349 g/mol. The molecule has 0 amide bonds. The third kappa shape index (κ3) is 4.84.